The van der Waals surface area contributed by atoms with Crippen LogP contribution in [0.4, 0.5) is 4.79 Å². The predicted octanol–water partition coefficient (Wildman–Crippen LogP) is 4.78. The van der Waals surface area contributed by atoms with Gasteiger partial charge in [0.1, 0.15) is 12.0 Å². The second-order valence-corrected chi connectivity index (χ2v) is 8.78. The summed E-state index contributed by atoms with van der Waals surface area (Å²) in [5, 5.41) is 8.45. The van der Waals surface area contributed by atoms with Gasteiger partial charge in [0, 0.05) is 18.2 Å². The number of piperidine rings is 1. The summed E-state index contributed by atoms with van der Waals surface area (Å²) >= 11 is 0. The highest BCUT2D eigenvalue weighted by atomic mass is 16.5. The minimum Gasteiger partial charge on any atom is -0.480 e. The third kappa shape index (κ3) is 4.77. The zero-order valence-corrected chi connectivity index (χ0v) is 20.0. The van der Waals surface area contributed by atoms with Gasteiger partial charge in [-0.3, -0.25) is 0 Å². The molecule has 1 fully saturated rings. The summed E-state index contributed by atoms with van der Waals surface area (Å²) in [6.45, 7) is 2.66. The Morgan fingerprint density at radius 1 is 1.03 bits per heavy atom. The summed E-state index contributed by atoms with van der Waals surface area (Å²) in [7, 11) is 1.60. The number of hydrogen-bond acceptors (Lipinski definition) is 6. The number of nitrogens with zero attached hydrogens (tertiary/aromatic N) is 6. The van der Waals surface area contributed by atoms with Crippen molar-refractivity contribution in [3.05, 3.63) is 78.4 Å². The minimum absolute atomic E-state index is 0.122. The molecule has 0 saturated carbocycles. The van der Waals surface area contributed by atoms with Crippen LogP contribution in [0.1, 0.15) is 30.5 Å². The summed E-state index contributed by atoms with van der Waals surface area (Å²) < 4.78 is 6.78. The number of likely N-dealkylation sites (tertiary alicyclic amines) is 1. The lowest BCUT2D eigenvalue weighted by Gasteiger charge is -2.35. The van der Waals surface area contributed by atoms with Crippen molar-refractivity contribution in [2.24, 2.45) is 0 Å². The molecule has 2 aromatic heterocycles. The molecular formula is C27H28N6O2. The quantitative estimate of drug-likeness (QED) is 0.419. The Balaban J connectivity index is 1.34. The van der Waals surface area contributed by atoms with Crippen molar-refractivity contribution in [2.45, 2.75) is 38.6 Å². The van der Waals surface area contributed by atoms with Gasteiger partial charge in [-0.05, 0) is 43.7 Å². The average Bonchev–Trinajstić information content (AvgIpc) is 3.40. The van der Waals surface area contributed by atoms with Gasteiger partial charge in [0.15, 0.2) is 0 Å². The Kier molecular flexibility index (Phi) is 6.52. The third-order valence-electron chi connectivity index (χ3n) is 6.54. The van der Waals surface area contributed by atoms with Gasteiger partial charge in [-0.25, -0.2) is 14.8 Å². The fourth-order valence-electron chi connectivity index (χ4n) is 4.72. The molecule has 5 rings (SSSR count). The smallest absolute Gasteiger partial charge is 0.346 e. The standard InChI is InChI=1S/C27H28N6O2/c1-19-25(26(35-2)29-18-28-19)22-13-11-21(12-14-22)24-17-33(31-30-24)27(34)32-15-7-6-10-23(32)16-20-8-4-3-5-9-20/h3-5,8-9,11-14,17-18,23H,6-7,10,15-16H2,1-2H3. The molecule has 0 spiro atoms. The highest BCUT2D eigenvalue weighted by Crippen LogP contribution is 2.31. The summed E-state index contributed by atoms with van der Waals surface area (Å²) in [6.07, 6.45) is 7.19. The molecular weight excluding hydrogens is 440 g/mol. The number of ether oxygens (including phenoxy) is 1. The fourth-order valence-corrected chi connectivity index (χ4v) is 4.72. The van der Waals surface area contributed by atoms with Gasteiger partial charge in [0.05, 0.1) is 24.6 Å². The summed E-state index contributed by atoms with van der Waals surface area (Å²) in [5.74, 6) is 0.536. The second kappa shape index (κ2) is 10.0. The lowest BCUT2D eigenvalue weighted by atomic mass is 9.96. The number of methoxy groups -OCH3 is 1. The highest BCUT2D eigenvalue weighted by Gasteiger charge is 2.28. The Bertz CT molecular complexity index is 1300. The minimum atomic E-state index is -0.122. The molecule has 1 saturated heterocycles. The third-order valence-corrected chi connectivity index (χ3v) is 6.54. The average molecular weight is 469 g/mol. The van der Waals surface area contributed by atoms with Crippen LogP contribution in [0.25, 0.3) is 22.4 Å². The van der Waals surface area contributed by atoms with Crippen LogP contribution >= 0.6 is 0 Å². The maximum atomic E-state index is 13.4. The van der Waals surface area contributed by atoms with Crippen LogP contribution in [0.3, 0.4) is 0 Å². The molecule has 2 aromatic carbocycles. The number of amides is 1. The molecule has 0 N–H and O–H groups in total. The fraction of sp³-hybridized carbons (Fsp3) is 0.296. The van der Waals surface area contributed by atoms with Crippen molar-refractivity contribution in [3.63, 3.8) is 0 Å². The molecule has 3 heterocycles. The number of carbonyl (C=O) groups is 1. The zero-order valence-electron chi connectivity index (χ0n) is 20.0. The molecule has 4 aromatic rings. The number of aromatic nitrogens is 5. The van der Waals surface area contributed by atoms with E-state index in [9.17, 15) is 4.79 Å². The van der Waals surface area contributed by atoms with E-state index in [0.29, 0.717) is 11.6 Å². The molecule has 178 valence electrons. The van der Waals surface area contributed by atoms with Gasteiger partial charge in [-0.1, -0.05) is 59.8 Å². The van der Waals surface area contributed by atoms with Crippen LogP contribution in [0.2, 0.25) is 0 Å². The van der Waals surface area contributed by atoms with Gasteiger partial charge in [0.2, 0.25) is 5.88 Å². The maximum absolute atomic E-state index is 13.4. The Labute approximate surface area is 204 Å². The first-order chi connectivity index (χ1) is 17.1. The van der Waals surface area contributed by atoms with Crippen molar-refractivity contribution in [1.82, 2.24) is 29.9 Å². The number of carbonyl (C=O) groups excluding carboxylic acids is 1. The van der Waals surface area contributed by atoms with Crippen molar-refractivity contribution >= 4 is 6.03 Å². The molecule has 1 unspecified atom stereocenters. The Morgan fingerprint density at radius 2 is 1.80 bits per heavy atom. The van der Waals surface area contributed by atoms with E-state index in [2.05, 4.69) is 32.4 Å². The monoisotopic (exact) mass is 468 g/mol. The number of aryl methyl sites for hydroxylation is 1. The van der Waals surface area contributed by atoms with Crippen LogP contribution < -0.4 is 4.74 Å². The van der Waals surface area contributed by atoms with E-state index in [-0.39, 0.29) is 12.1 Å². The molecule has 0 aliphatic carbocycles. The second-order valence-electron chi connectivity index (χ2n) is 8.78. The van der Waals surface area contributed by atoms with Crippen LogP contribution in [0.15, 0.2) is 67.1 Å². The predicted molar refractivity (Wildman–Crippen MR) is 133 cm³/mol. The van der Waals surface area contributed by atoms with Crippen molar-refractivity contribution in [3.8, 4) is 28.3 Å². The molecule has 1 amide bonds. The van der Waals surface area contributed by atoms with Crippen molar-refractivity contribution in [2.75, 3.05) is 13.7 Å². The van der Waals surface area contributed by atoms with E-state index in [4.69, 9.17) is 4.74 Å². The van der Waals surface area contributed by atoms with Crippen LogP contribution in [-0.4, -0.2) is 55.6 Å². The van der Waals surface area contributed by atoms with Gasteiger partial charge in [-0.15, -0.1) is 5.10 Å². The molecule has 35 heavy (non-hydrogen) atoms. The van der Waals surface area contributed by atoms with Gasteiger partial charge in [-0.2, -0.15) is 4.68 Å². The van der Waals surface area contributed by atoms with Gasteiger partial charge < -0.3 is 9.64 Å². The molecule has 8 nitrogen and oxygen atoms in total. The molecule has 1 aliphatic heterocycles. The molecule has 0 radical (unpaired) electrons. The maximum Gasteiger partial charge on any atom is 0.346 e. The summed E-state index contributed by atoms with van der Waals surface area (Å²) in [4.78, 5) is 23.8. The molecule has 0 bridgehead atoms. The zero-order chi connectivity index (χ0) is 24.2. The number of rotatable bonds is 5. The topological polar surface area (TPSA) is 86.0 Å². The summed E-state index contributed by atoms with van der Waals surface area (Å²) in [5.41, 5.74) is 5.41. The highest BCUT2D eigenvalue weighted by molar-refractivity contribution is 5.78. The van der Waals surface area contributed by atoms with Crippen molar-refractivity contribution in [1.29, 1.82) is 0 Å². The molecule has 1 aliphatic rings. The Hall–Kier alpha value is -4.07. The van der Waals surface area contributed by atoms with E-state index < -0.39 is 0 Å². The first-order valence-electron chi connectivity index (χ1n) is 11.9. The van der Waals surface area contributed by atoms with Crippen molar-refractivity contribution < 1.29 is 9.53 Å². The van der Waals surface area contributed by atoms with E-state index in [0.717, 1.165) is 54.6 Å². The van der Waals surface area contributed by atoms with Gasteiger partial charge in [0.25, 0.3) is 0 Å². The Morgan fingerprint density at radius 3 is 2.57 bits per heavy atom. The summed E-state index contributed by atoms with van der Waals surface area (Å²) in [6, 6.07) is 18.2. The van der Waals surface area contributed by atoms with Crippen LogP contribution in [0, 0.1) is 6.92 Å². The number of hydrogen-bond donors (Lipinski definition) is 0. The van der Waals surface area contributed by atoms with E-state index >= 15 is 0 Å². The lowest BCUT2D eigenvalue weighted by Crippen LogP contribution is -2.46. The van der Waals surface area contributed by atoms with Gasteiger partial charge >= 0.3 is 6.03 Å². The van der Waals surface area contributed by atoms with E-state index in [1.165, 1.54) is 16.6 Å². The molecule has 8 heteroatoms. The lowest BCUT2D eigenvalue weighted by molar-refractivity contribution is 0.149. The molecule has 1 atom stereocenters. The number of benzene rings is 2. The largest absolute Gasteiger partial charge is 0.480 e. The van der Waals surface area contributed by atoms with E-state index in [1.807, 2.05) is 54.3 Å². The van der Waals surface area contributed by atoms with Crippen LogP contribution in [-0.2, 0) is 6.42 Å². The first kappa shape index (κ1) is 22.7. The van der Waals surface area contributed by atoms with E-state index in [1.54, 1.807) is 13.3 Å². The normalized spacial score (nSPS) is 15.7. The SMILES string of the molecule is COc1ncnc(C)c1-c1ccc(-c2cn(C(=O)N3CCCCC3Cc3ccccc3)nn2)cc1. The first-order valence-corrected chi connectivity index (χ1v) is 11.9. The van der Waals surface area contributed by atoms with Crippen LogP contribution in [0.5, 0.6) is 5.88 Å².